The molecule has 4 rings (SSSR count). The number of nitrogens with one attached hydrogen (secondary N) is 1. The van der Waals surface area contributed by atoms with Gasteiger partial charge in [0.2, 0.25) is 0 Å². The largest absolute Gasteiger partial charge is 0.493 e. The summed E-state index contributed by atoms with van der Waals surface area (Å²) in [6, 6.07) is 10.9. The zero-order valence-electron chi connectivity index (χ0n) is 19.1. The predicted molar refractivity (Wildman–Crippen MR) is 125 cm³/mol. The van der Waals surface area contributed by atoms with Crippen molar-refractivity contribution in [3.8, 4) is 17.2 Å². The average Bonchev–Trinajstić information content (AvgIpc) is 3.08. The molecule has 1 aromatic heterocycles. The quantitative estimate of drug-likeness (QED) is 0.566. The Morgan fingerprint density at radius 1 is 1.06 bits per heavy atom. The van der Waals surface area contributed by atoms with Crippen LogP contribution in [0, 0.1) is 0 Å². The third-order valence-electron chi connectivity index (χ3n) is 5.84. The SMILES string of the molecule is COc1ccc(CCNC(=O)COc2ccc3nc4n(c(=O)c3c2)CCCCC4)cc1OC. The number of aromatic nitrogens is 2. The molecule has 1 aliphatic heterocycles. The van der Waals surface area contributed by atoms with Crippen LogP contribution in [0.5, 0.6) is 17.2 Å². The van der Waals surface area contributed by atoms with E-state index in [1.54, 1.807) is 37.0 Å². The number of methoxy groups -OCH3 is 2. The van der Waals surface area contributed by atoms with Crippen molar-refractivity contribution in [2.24, 2.45) is 0 Å². The summed E-state index contributed by atoms with van der Waals surface area (Å²) in [6.45, 7) is 1.04. The molecule has 0 unspecified atom stereocenters. The number of aryl methyl sites for hydroxylation is 1. The minimum Gasteiger partial charge on any atom is -0.493 e. The maximum atomic E-state index is 12.9. The molecule has 8 nitrogen and oxygen atoms in total. The van der Waals surface area contributed by atoms with Gasteiger partial charge in [-0.05, 0) is 55.2 Å². The Morgan fingerprint density at radius 3 is 2.73 bits per heavy atom. The Kier molecular flexibility index (Phi) is 7.12. The van der Waals surface area contributed by atoms with Gasteiger partial charge in [-0.25, -0.2) is 4.98 Å². The smallest absolute Gasteiger partial charge is 0.261 e. The van der Waals surface area contributed by atoms with Crippen LogP contribution >= 0.6 is 0 Å². The number of nitrogens with zero attached hydrogens (tertiary/aromatic N) is 2. The summed E-state index contributed by atoms with van der Waals surface area (Å²) in [4.78, 5) is 29.9. The number of hydrogen-bond acceptors (Lipinski definition) is 6. The molecule has 1 N–H and O–H groups in total. The number of ether oxygens (including phenoxy) is 3. The van der Waals surface area contributed by atoms with Crippen LogP contribution in [0.15, 0.2) is 41.2 Å². The number of hydrogen-bond donors (Lipinski definition) is 1. The second-order valence-electron chi connectivity index (χ2n) is 8.05. The summed E-state index contributed by atoms with van der Waals surface area (Å²) >= 11 is 0. The molecular weight excluding hydrogens is 422 g/mol. The van der Waals surface area contributed by atoms with Gasteiger partial charge >= 0.3 is 0 Å². The van der Waals surface area contributed by atoms with E-state index < -0.39 is 0 Å². The summed E-state index contributed by atoms with van der Waals surface area (Å²) in [5.74, 6) is 2.42. The molecule has 0 fully saturated rings. The number of carbonyl (C=O) groups excluding carboxylic acids is 1. The fourth-order valence-corrected chi connectivity index (χ4v) is 4.07. The normalized spacial score (nSPS) is 13.2. The molecular formula is C25H29N3O5. The first-order chi connectivity index (χ1) is 16.1. The molecule has 0 spiro atoms. The summed E-state index contributed by atoms with van der Waals surface area (Å²) in [5, 5.41) is 3.37. The van der Waals surface area contributed by atoms with Crippen molar-refractivity contribution in [2.75, 3.05) is 27.4 Å². The molecule has 0 saturated carbocycles. The molecule has 2 aromatic carbocycles. The molecule has 0 aliphatic carbocycles. The molecule has 3 aromatic rings. The van der Waals surface area contributed by atoms with E-state index in [0.29, 0.717) is 47.7 Å². The summed E-state index contributed by atoms with van der Waals surface area (Å²) in [6.07, 6.45) is 4.62. The minimum absolute atomic E-state index is 0.0401. The second kappa shape index (κ2) is 10.4. The molecule has 1 aliphatic rings. The van der Waals surface area contributed by atoms with E-state index in [1.165, 1.54) is 0 Å². The molecule has 0 bridgehead atoms. The lowest BCUT2D eigenvalue weighted by molar-refractivity contribution is -0.123. The lowest BCUT2D eigenvalue weighted by Gasteiger charge is -2.12. The van der Waals surface area contributed by atoms with Crippen molar-refractivity contribution in [1.82, 2.24) is 14.9 Å². The minimum atomic E-state index is -0.229. The van der Waals surface area contributed by atoms with Crippen LogP contribution in [0.2, 0.25) is 0 Å². The van der Waals surface area contributed by atoms with Crippen molar-refractivity contribution in [3.63, 3.8) is 0 Å². The lowest BCUT2D eigenvalue weighted by atomic mass is 10.1. The maximum Gasteiger partial charge on any atom is 0.261 e. The van der Waals surface area contributed by atoms with Crippen LogP contribution in [-0.2, 0) is 24.2 Å². The first-order valence-corrected chi connectivity index (χ1v) is 11.2. The Bertz CT molecular complexity index is 1200. The monoisotopic (exact) mass is 451 g/mol. The van der Waals surface area contributed by atoms with Gasteiger partial charge in [0.25, 0.3) is 11.5 Å². The Balaban J connectivity index is 1.34. The zero-order valence-corrected chi connectivity index (χ0v) is 19.1. The number of amides is 1. The Labute approximate surface area is 192 Å². The highest BCUT2D eigenvalue weighted by atomic mass is 16.5. The van der Waals surface area contributed by atoms with Crippen molar-refractivity contribution in [3.05, 3.63) is 58.1 Å². The number of carbonyl (C=O) groups is 1. The van der Waals surface area contributed by atoms with Crippen LogP contribution in [0.25, 0.3) is 10.9 Å². The third-order valence-corrected chi connectivity index (χ3v) is 5.84. The Hall–Kier alpha value is -3.55. The van der Waals surface area contributed by atoms with Gasteiger partial charge < -0.3 is 19.5 Å². The van der Waals surface area contributed by atoms with Crippen LogP contribution in [-0.4, -0.2) is 42.8 Å². The number of benzene rings is 2. The molecule has 1 amide bonds. The van der Waals surface area contributed by atoms with E-state index >= 15 is 0 Å². The summed E-state index contributed by atoms with van der Waals surface area (Å²) in [5.41, 5.74) is 1.65. The standard InChI is InChI=1S/C25H29N3O5/c1-31-21-10-7-17(14-22(21)32-2)11-12-26-24(29)16-33-18-8-9-20-19(15-18)25(30)28-13-5-3-4-6-23(28)27-20/h7-10,14-15H,3-6,11-13,16H2,1-2H3,(H,26,29). The van der Waals surface area contributed by atoms with Crippen molar-refractivity contribution >= 4 is 16.8 Å². The van der Waals surface area contributed by atoms with Gasteiger partial charge in [-0.1, -0.05) is 12.5 Å². The first kappa shape index (κ1) is 22.6. The van der Waals surface area contributed by atoms with E-state index in [1.807, 2.05) is 18.2 Å². The molecule has 2 heterocycles. The van der Waals surface area contributed by atoms with Gasteiger partial charge in [-0.2, -0.15) is 0 Å². The van der Waals surface area contributed by atoms with Gasteiger partial charge in [0.15, 0.2) is 18.1 Å². The van der Waals surface area contributed by atoms with Crippen LogP contribution in [0.1, 0.15) is 30.7 Å². The first-order valence-electron chi connectivity index (χ1n) is 11.2. The zero-order chi connectivity index (χ0) is 23.2. The molecule has 33 heavy (non-hydrogen) atoms. The predicted octanol–water partition coefficient (Wildman–Crippen LogP) is 2.88. The van der Waals surface area contributed by atoms with E-state index in [-0.39, 0.29) is 18.1 Å². The van der Waals surface area contributed by atoms with Gasteiger partial charge in [-0.15, -0.1) is 0 Å². The van der Waals surface area contributed by atoms with E-state index in [4.69, 9.17) is 14.2 Å². The van der Waals surface area contributed by atoms with Crippen molar-refractivity contribution in [1.29, 1.82) is 0 Å². The highest BCUT2D eigenvalue weighted by molar-refractivity contribution is 5.80. The molecule has 0 saturated heterocycles. The molecule has 0 radical (unpaired) electrons. The van der Waals surface area contributed by atoms with E-state index in [0.717, 1.165) is 37.1 Å². The highest BCUT2D eigenvalue weighted by Crippen LogP contribution is 2.27. The van der Waals surface area contributed by atoms with Crippen LogP contribution < -0.4 is 25.1 Å². The average molecular weight is 452 g/mol. The van der Waals surface area contributed by atoms with E-state index in [2.05, 4.69) is 10.3 Å². The number of fused-ring (bicyclic) bond motifs is 2. The highest BCUT2D eigenvalue weighted by Gasteiger charge is 2.14. The van der Waals surface area contributed by atoms with Gasteiger partial charge in [0.05, 0.1) is 25.1 Å². The lowest BCUT2D eigenvalue weighted by Crippen LogP contribution is -2.30. The fourth-order valence-electron chi connectivity index (χ4n) is 4.07. The Morgan fingerprint density at radius 2 is 1.91 bits per heavy atom. The third kappa shape index (κ3) is 5.27. The van der Waals surface area contributed by atoms with Crippen LogP contribution in [0.4, 0.5) is 0 Å². The van der Waals surface area contributed by atoms with Gasteiger partial charge in [-0.3, -0.25) is 14.2 Å². The summed E-state index contributed by atoms with van der Waals surface area (Å²) < 4.78 is 18.0. The maximum absolute atomic E-state index is 12.9. The fraction of sp³-hybridized carbons (Fsp3) is 0.400. The second-order valence-corrected chi connectivity index (χ2v) is 8.05. The molecule has 8 heteroatoms. The van der Waals surface area contributed by atoms with Gasteiger partial charge in [0.1, 0.15) is 11.6 Å². The topological polar surface area (TPSA) is 91.7 Å². The summed E-state index contributed by atoms with van der Waals surface area (Å²) in [7, 11) is 3.18. The van der Waals surface area contributed by atoms with E-state index in [9.17, 15) is 9.59 Å². The van der Waals surface area contributed by atoms with Gasteiger partial charge in [0, 0.05) is 19.5 Å². The number of rotatable bonds is 8. The molecule has 0 atom stereocenters. The molecule has 174 valence electrons. The van der Waals surface area contributed by atoms with Crippen molar-refractivity contribution in [2.45, 2.75) is 38.6 Å². The van der Waals surface area contributed by atoms with Crippen molar-refractivity contribution < 1.29 is 19.0 Å². The van der Waals surface area contributed by atoms with Crippen LogP contribution in [0.3, 0.4) is 0 Å².